The van der Waals surface area contributed by atoms with Gasteiger partial charge in [-0.05, 0) is 44.0 Å². The number of esters is 1. The summed E-state index contributed by atoms with van der Waals surface area (Å²) in [4.78, 5) is 35.3. The smallest absolute Gasteiger partial charge is 0.358 e. The molecule has 1 aliphatic heterocycles. The largest absolute Gasteiger partial charge is 0.461 e. The molecule has 4 rings (SSSR count). The average molecular weight is 441 g/mol. The molecule has 2 aromatic heterocycles. The molecule has 31 heavy (non-hydrogen) atoms. The lowest BCUT2D eigenvalue weighted by Gasteiger charge is -2.16. The molecule has 0 atom stereocenters. The predicted molar refractivity (Wildman–Crippen MR) is 116 cm³/mol. The summed E-state index contributed by atoms with van der Waals surface area (Å²) < 4.78 is 6.49. The van der Waals surface area contributed by atoms with Crippen molar-refractivity contribution in [3.05, 3.63) is 59.1 Å². The first-order valence-electron chi connectivity index (χ1n) is 9.97. The molecular formula is C21H21ClN6O3. The van der Waals surface area contributed by atoms with Gasteiger partial charge in [-0.3, -0.25) is 4.79 Å². The molecule has 1 fully saturated rings. The third kappa shape index (κ3) is 4.66. The number of aromatic nitrogens is 4. The van der Waals surface area contributed by atoms with Crippen LogP contribution in [0.5, 0.6) is 0 Å². The van der Waals surface area contributed by atoms with E-state index in [1.54, 1.807) is 43.5 Å². The molecule has 0 spiro atoms. The summed E-state index contributed by atoms with van der Waals surface area (Å²) in [6.07, 6.45) is 5.25. The van der Waals surface area contributed by atoms with Gasteiger partial charge < -0.3 is 15.0 Å². The molecule has 1 aromatic carbocycles. The fourth-order valence-corrected chi connectivity index (χ4v) is 3.46. The number of rotatable bonds is 6. The fourth-order valence-electron chi connectivity index (χ4n) is 3.28. The molecule has 3 aromatic rings. The Kier molecular flexibility index (Phi) is 6.13. The van der Waals surface area contributed by atoms with Crippen LogP contribution in [-0.4, -0.2) is 51.3 Å². The Morgan fingerprint density at radius 1 is 1.23 bits per heavy atom. The SMILES string of the molecule is CCOC(=O)c1ccn(-c2cccc(NC(=O)c3nc(N4CCCC4)ncc3Cl)c2)n1. The van der Waals surface area contributed by atoms with E-state index < -0.39 is 11.9 Å². The van der Waals surface area contributed by atoms with Crippen molar-refractivity contribution in [2.75, 3.05) is 29.9 Å². The maximum Gasteiger partial charge on any atom is 0.358 e. The lowest BCUT2D eigenvalue weighted by Crippen LogP contribution is -2.23. The van der Waals surface area contributed by atoms with Gasteiger partial charge >= 0.3 is 5.97 Å². The first-order valence-corrected chi connectivity index (χ1v) is 10.3. The minimum absolute atomic E-state index is 0.118. The summed E-state index contributed by atoms with van der Waals surface area (Å²) in [5.41, 5.74) is 1.53. The summed E-state index contributed by atoms with van der Waals surface area (Å²) in [6, 6.07) is 8.63. The number of hydrogen-bond donors (Lipinski definition) is 1. The maximum atomic E-state index is 12.8. The van der Waals surface area contributed by atoms with Gasteiger partial charge in [0.2, 0.25) is 5.95 Å². The Morgan fingerprint density at radius 3 is 2.81 bits per heavy atom. The van der Waals surface area contributed by atoms with Gasteiger partial charge in [0.15, 0.2) is 11.4 Å². The van der Waals surface area contributed by atoms with Crippen molar-refractivity contribution < 1.29 is 14.3 Å². The molecule has 160 valence electrons. The number of carbonyl (C=O) groups is 2. The molecule has 0 aliphatic carbocycles. The van der Waals surface area contributed by atoms with Crippen LogP contribution in [0.1, 0.15) is 40.7 Å². The summed E-state index contributed by atoms with van der Waals surface area (Å²) in [6.45, 7) is 3.74. The number of anilines is 2. The molecule has 1 saturated heterocycles. The molecule has 10 heteroatoms. The summed E-state index contributed by atoms with van der Waals surface area (Å²) in [5, 5.41) is 7.22. The predicted octanol–water partition coefficient (Wildman–Crippen LogP) is 3.34. The molecule has 9 nitrogen and oxygen atoms in total. The van der Waals surface area contributed by atoms with Gasteiger partial charge in [0, 0.05) is 25.0 Å². The molecule has 1 amide bonds. The van der Waals surface area contributed by atoms with Gasteiger partial charge in [0.1, 0.15) is 0 Å². The molecule has 1 aliphatic rings. The molecule has 0 unspecified atom stereocenters. The molecule has 1 N–H and O–H groups in total. The van der Waals surface area contributed by atoms with E-state index in [1.807, 2.05) is 4.90 Å². The maximum absolute atomic E-state index is 12.8. The van der Waals surface area contributed by atoms with Gasteiger partial charge in [-0.25, -0.2) is 19.4 Å². The number of carbonyl (C=O) groups excluding carboxylic acids is 2. The zero-order valence-corrected chi connectivity index (χ0v) is 17.7. The van der Waals surface area contributed by atoms with E-state index in [2.05, 4.69) is 20.4 Å². The zero-order valence-electron chi connectivity index (χ0n) is 16.9. The summed E-state index contributed by atoms with van der Waals surface area (Å²) in [5.74, 6) is -0.417. The van der Waals surface area contributed by atoms with E-state index in [1.165, 1.54) is 10.9 Å². The van der Waals surface area contributed by atoms with E-state index in [9.17, 15) is 9.59 Å². The molecule has 3 heterocycles. The van der Waals surface area contributed by atoms with Gasteiger partial charge in [0.25, 0.3) is 5.91 Å². The minimum atomic E-state index is -0.488. The first-order chi connectivity index (χ1) is 15.0. The van der Waals surface area contributed by atoms with Crippen molar-refractivity contribution in [2.24, 2.45) is 0 Å². The second-order valence-electron chi connectivity index (χ2n) is 6.93. The van der Waals surface area contributed by atoms with Crippen molar-refractivity contribution in [3.63, 3.8) is 0 Å². The third-order valence-corrected chi connectivity index (χ3v) is 5.05. The van der Waals surface area contributed by atoms with Crippen LogP contribution >= 0.6 is 11.6 Å². The highest BCUT2D eigenvalue weighted by Crippen LogP contribution is 2.22. The highest BCUT2D eigenvalue weighted by atomic mass is 35.5. The number of ether oxygens (including phenoxy) is 1. The van der Waals surface area contributed by atoms with E-state index in [-0.39, 0.29) is 23.0 Å². The van der Waals surface area contributed by atoms with Crippen LogP contribution in [0.15, 0.2) is 42.7 Å². The van der Waals surface area contributed by atoms with Gasteiger partial charge in [-0.2, -0.15) is 5.10 Å². The van der Waals surface area contributed by atoms with Crippen LogP contribution in [0.4, 0.5) is 11.6 Å². The van der Waals surface area contributed by atoms with Gasteiger partial charge in [-0.15, -0.1) is 0 Å². The molecule has 0 bridgehead atoms. The second-order valence-corrected chi connectivity index (χ2v) is 7.34. The highest BCUT2D eigenvalue weighted by molar-refractivity contribution is 6.34. The number of halogens is 1. The van der Waals surface area contributed by atoms with Crippen LogP contribution in [0.25, 0.3) is 5.69 Å². The van der Waals surface area contributed by atoms with Crippen LogP contribution in [0.2, 0.25) is 5.02 Å². The minimum Gasteiger partial charge on any atom is -0.461 e. The lowest BCUT2D eigenvalue weighted by molar-refractivity contribution is 0.0519. The Labute approximate surface area is 184 Å². The Hall–Kier alpha value is -3.46. The Morgan fingerprint density at radius 2 is 2.03 bits per heavy atom. The topological polar surface area (TPSA) is 102 Å². The van der Waals surface area contributed by atoms with E-state index in [0.717, 1.165) is 25.9 Å². The lowest BCUT2D eigenvalue weighted by atomic mass is 10.2. The zero-order chi connectivity index (χ0) is 21.8. The monoisotopic (exact) mass is 440 g/mol. The van der Waals surface area contributed by atoms with Crippen molar-refractivity contribution >= 4 is 35.1 Å². The van der Waals surface area contributed by atoms with Crippen LogP contribution < -0.4 is 10.2 Å². The number of amides is 1. The van der Waals surface area contributed by atoms with Crippen molar-refractivity contribution in [2.45, 2.75) is 19.8 Å². The molecular weight excluding hydrogens is 420 g/mol. The summed E-state index contributed by atoms with van der Waals surface area (Å²) >= 11 is 6.19. The number of hydrogen-bond acceptors (Lipinski definition) is 7. The van der Waals surface area contributed by atoms with Gasteiger partial charge in [-0.1, -0.05) is 17.7 Å². The molecule has 0 radical (unpaired) electrons. The molecule has 0 saturated carbocycles. The van der Waals surface area contributed by atoms with Crippen molar-refractivity contribution in [3.8, 4) is 5.69 Å². The van der Waals surface area contributed by atoms with Crippen molar-refractivity contribution in [1.82, 2.24) is 19.7 Å². The van der Waals surface area contributed by atoms with E-state index in [4.69, 9.17) is 16.3 Å². The Bertz CT molecular complexity index is 1110. The highest BCUT2D eigenvalue weighted by Gasteiger charge is 2.20. The van der Waals surface area contributed by atoms with Crippen LogP contribution in [-0.2, 0) is 4.74 Å². The third-order valence-electron chi connectivity index (χ3n) is 4.78. The quantitative estimate of drug-likeness (QED) is 0.586. The second kappa shape index (κ2) is 9.13. The standard InChI is InChI=1S/C21H21ClN6O3/c1-2-31-20(30)17-8-11-28(26-17)15-7-5-6-14(12-15)24-19(29)18-16(22)13-23-21(25-18)27-9-3-4-10-27/h5-8,11-13H,2-4,9-10H2,1H3,(H,24,29). The first kappa shape index (κ1) is 20.8. The average Bonchev–Trinajstić information content (AvgIpc) is 3.47. The number of nitrogens with zero attached hydrogens (tertiary/aromatic N) is 5. The number of benzene rings is 1. The number of nitrogens with one attached hydrogen (secondary N) is 1. The van der Waals surface area contributed by atoms with Crippen LogP contribution in [0.3, 0.4) is 0 Å². The normalized spacial score (nSPS) is 13.3. The fraction of sp³-hybridized carbons (Fsp3) is 0.286. The van der Waals surface area contributed by atoms with E-state index >= 15 is 0 Å². The van der Waals surface area contributed by atoms with E-state index in [0.29, 0.717) is 17.3 Å². The van der Waals surface area contributed by atoms with Crippen molar-refractivity contribution in [1.29, 1.82) is 0 Å². The summed E-state index contributed by atoms with van der Waals surface area (Å²) in [7, 11) is 0. The van der Waals surface area contributed by atoms with Gasteiger partial charge in [0.05, 0.1) is 23.5 Å². The Balaban J connectivity index is 1.52. The van der Waals surface area contributed by atoms with Crippen LogP contribution in [0, 0.1) is 0 Å².